The highest BCUT2D eigenvalue weighted by molar-refractivity contribution is 7.07. The Morgan fingerprint density at radius 1 is 1.30 bits per heavy atom. The van der Waals surface area contributed by atoms with Crippen LogP contribution in [0.25, 0.3) is 11.3 Å². The molecule has 0 saturated carbocycles. The van der Waals surface area contributed by atoms with E-state index in [4.69, 9.17) is 9.73 Å². The topological polar surface area (TPSA) is 51.8 Å². The SMILES string of the molecule is Fc1ccc(-c2csc(=NC[C@@H]3CCCO3)n2/N=C\c2cccnc2)cc1. The van der Waals surface area contributed by atoms with Gasteiger partial charge in [0, 0.05) is 35.5 Å². The first-order chi connectivity index (χ1) is 13.3. The lowest BCUT2D eigenvalue weighted by Crippen LogP contribution is -2.17. The van der Waals surface area contributed by atoms with Gasteiger partial charge in [-0.2, -0.15) is 5.10 Å². The third kappa shape index (κ3) is 4.37. The summed E-state index contributed by atoms with van der Waals surface area (Å²) < 4.78 is 20.8. The molecule has 3 aromatic rings. The van der Waals surface area contributed by atoms with Gasteiger partial charge < -0.3 is 4.74 Å². The van der Waals surface area contributed by atoms with Gasteiger partial charge in [-0.05, 0) is 43.2 Å². The molecule has 0 radical (unpaired) electrons. The maximum Gasteiger partial charge on any atom is 0.206 e. The van der Waals surface area contributed by atoms with Crippen LogP contribution in [0.1, 0.15) is 18.4 Å². The van der Waals surface area contributed by atoms with Crippen molar-refractivity contribution in [2.24, 2.45) is 10.1 Å². The fourth-order valence-electron chi connectivity index (χ4n) is 2.88. The molecule has 1 fully saturated rings. The maximum atomic E-state index is 13.3. The van der Waals surface area contributed by atoms with Gasteiger partial charge in [-0.3, -0.25) is 9.98 Å². The summed E-state index contributed by atoms with van der Waals surface area (Å²) in [4.78, 5) is 9.61. The third-order valence-electron chi connectivity index (χ3n) is 4.29. The van der Waals surface area contributed by atoms with Crippen molar-refractivity contribution in [1.29, 1.82) is 0 Å². The van der Waals surface area contributed by atoms with E-state index in [0.717, 1.165) is 41.1 Å². The summed E-state index contributed by atoms with van der Waals surface area (Å²) in [5, 5.41) is 6.60. The van der Waals surface area contributed by atoms with Crippen LogP contribution in [0.3, 0.4) is 0 Å². The van der Waals surface area contributed by atoms with Crippen molar-refractivity contribution < 1.29 is 9.13 Å². The second kappa shape index (κ2) is 8.37. The van der Waals surface area contributed by atoms with Gasteiger partial charge in [0.05, 0.1) is 24.6 Å². The number of thiazole rings is 1. The van der Waals surface area contributed by atoms with Crippen LogP contribution in [0.4, 0.5) is 4.39 Å². The van der Waals surface area contributed by atoms with Gasteiger partial charge in [-0.15, -0.1) is 11.3 Å². The Hall–Kier alpha value is -2.64. The molecule has 1 aromatic carbocycles. The van der Waals surface area contributed by atoms with Gasteiger partial charge in [-0.25, -0.2) is 9.07 Å². The second-order valence-electron chi connectivity index (χ2n) is 6.23. The Balaban J connectivity index is 1.71. The number of ether oxygens (including phenoxy) is 1. The molecule has 3 heterocycles. The summed E-state index contributed by atoms with van der Waals surface area (Å²) >= 11 is 1.51. The fourth-order valence-corrected chi connectivity index (χ4v) is 3.73. The van der Waals surface area contributed by atoms with E-state index < -0.39 is 0 Å². The first-order valence-corrected chi connectivity index (χ1v) is 9.70. The minimum Gasteiger partial charge on any atom is -0.376 e. The molecule has 27 heavy (non-hydrogen) atoms. The zero-order valence-corrected chi connectivity index (χ0v) is 15.5. The van der Waals surface area contributed by atoms with Crippen molar-refractivity contribution in [2.75, 3.05) is 13.2 Å². The van der Waals surface area contributed by atoms with Gasteiger partial charge in [0.1, 0.15) is 5.82 Å². The van der Waals surface area contributed by atoms with E-state index in [-0.39, 0.29) is 11.9 Å². The highest BCUT2D eigenvalue weighted by atomic mass is 32.1. The molecule has 4 rings (SSSR count). The molecule has 2 aromatic heterocycles. The monoisotopic (exact) mass is 382 g/mol. The smallest absolute Gasteiger partial charge is 0.206 e. The fraction of sp³-hybridized carbons (Fsp3) is 0.250. The van der Waals surface area contributed by atoms with E-state index in [0.29, 0.717) is 6.54 Å². The van der Waals surface area contributed by atoms with Crippen molar-refractivity contribution in [3.8, 4) is 11.3 Å². The van der Waals surface area contributed by atoms with Crippen LogP contribution in [0, 0.1) is 5.82 Å². The molecule has 0 N–H and O–H groups in total. The number of pyridine rings is 1. The number of nitrogens with zero attached hydrogens (tertiary/aromatic N) is 4. The molecule has 138 valence electrons. The standard InChI is InChI=1S/C20H19FN4OS/c21-17-7-5-16(6-8-17)19-14-27-20(23-13-18-4-2-10-26-18)25(19)24-12-15-3-1-9-22-11-15/h1,3,5-9,11-12,14,18H,2,4,10,13H2/b23-20?,24-12-/t18-/m0/s1. The Morgan fingerprint density at radius 2 is 2.19 bits per heavy atom. The average Bonchev–Trinajstić information content (AvgIpc) is 3.36. The first kappa shape index (κ1) is 17.8. The van der Waals surface area contributed by atoms with E-state index in [1.165, 1.54) is 23.5 Å². The zero-order valence-electron chi connectivity index (χ0n) is 14.7. The van der Waals surface area contributed by atoms with Crippen LogP contribution in [-0.4, -0.2) is 35.1 Å². The van der Waals surface area contributed by atoms with Crippen molar-refractivity contribution >= 4 is 17.6 Å². The number of hydrogen-bond acceptors (Lipinski definition) is 5. The highest BCUT2D eigenvalue weighted by Gasteiger charge is 2.15. The summed E-state index contributed by atoms with van der Waals surface area (Å²) in [6, 6.07) is 10.2. The molecule has 1 atom stereocenters. The molecule has 0 unspecified atom stereocenters. The van der Waals surface area contributed by atoms with Gasteiger partial charge in [0.25, 0.3) is 0 Å². The summed E-state index contributed by atoms with van der Waals surface area (Å²) in [7, 11) is 0. The van der Waals surface area contributed by atoms with Crippen molar-refractivity contribution in [2.45, 2.75) is 18.9 Å². The van der Waals surface area contributed by atoms with Crippen LogP contribution >= 0.6 is 11.3 Å². The van der Waals surface area contributed by atoms with E-state index in [2.05, 4.69) is 10.1 Å². The van der Waals surface area contributed by atoms with Crippen LogP contribution in [0.15, 0.2) is 64.3 Å². The number of rotatable bonds is 5. The van der Waals surface area contributed by atoms with Crippen LogP contribution in [0.5, 0.6) is 0 Å². The van der Waals surface area contributed by atoms with Crippen LogP contribution in [0.2, 0.25) is 0 Å². The molecule has 1 aliphatic rings. The summed E-state index contributed by atoms with van der Waals surface area (Å²) in [6.45, 7) is 1.43. The molecule has 0 spiro atoms. The number of aromatic nitrogens is 2. The Labute approximate surface area is 160 Å². The number of halogens is 1. The van der Waals surface area contributed by atoms with Gasteiger partial charge in [0.15, 0.2) is 0 Å². The summed E-state index contributed by atoms with van der Waals surface area (Å²) in [5.74, 6) is -0.261. The number of hydrogen-bond donors (Lipinski definition) is 0. The Kier molecular flexibility index (Phi) is 5.50. The minimum absolute atomic E-state index is 0.178. The molecule has 1 saturated heterocycles. The Bertz CT molecular complexity index is 973. The van der Waals surface area contributed by atoms with Crippen molar-refractivity contribution in [1.82, 2.24) is 9.66 Å². The first-order valence-electron chi connectivity index (χ1n) is 8.82. The van der Waals surface area contributed by atoms with E-state index >= 15 is 0 Å². The van der Waals surface area contributed by atoms with Gasteiger partial charge in [-0.1, -0.05) is 6.07 Å². The van der Waals surface area contributed by atoms with Crippen LogP contribution in [-0.2, 0) is 4.74 Å². The maximum absolute atomic E-state index is 13.3. The molecule has 0 bridgehead atoms. The molecular formula is C20H19FN4OS. The molecule has 0 amide bonds. The lowest BCUT2D eigenvalue weighted by molar-refractivity contribution is 0.117. The van der Waals surface area contributed by atoms with Gasteiger partial charge in [0.2, 0.25) is 4.80 Å². The normalized spacial score (nSPS) is 17.8. The highest BCUT2D eigenvalue weighted by Crippen LogP contribution is 2.20. The lowest BCUT2D eigenvalue weighted by atomic mass is 10.2. The minimum atomic E-state index is -0.261. The number of benzene rings is 1. The average molecular weight is 382 g/mol. The molecule has 0 aliphatic carbocycles. The molecule has 1 aliphatic heterocycles. The predicted octanol–water partition coefficient (Wildman–Crippen LogP) is 3.71. The van der Waals surface area contributed by atoms with E-state index in [9.17, 15) is 4.39 Å². The molecular weight excluding hydrogens is 363 g/mol. The van der Waals surface area contributed by atoms with Crippen LogP contribution < -0.4 is 4.80 Å². The van der Waals surface area contributed by atoms with Gasteiger partial charge >= 0.3 is 0 Å². The predicted molar refractivity (Wildman–Crippen MR) is 104 cm³/mol. The molecule has 5 nitrogen and oxygen atoms in total. The zero-order chi connectivity index (χ0) is 18.5. The Morgan fingerprint density at radius 3 is 2.93 bits per heavy atom. The largest absolute Gasteiger partial charge is 0.376 e. The molecule has 7 heteroatoms. The summed E-state index contributed by atoms with van der Waals surface area (Å²) in [6.07, 6.45) is 7.52. The quantitative estimate of drug-likeness (QED) is 0.632. The van der Waals surface area contributed by atoms with Crippen molar-refractivity contribution in [3.63, 3.8) is 0 Å². The van der Waals surface area contributed by atoms with Crippen molar-refractivity contribution in [3.05, 3.63) is 70.4 Å². The van der Waals surface area contributed by atoms with E-state index in [1.807, 2.05) is 17.5 Å². The second-order valence-corrected chi connectivity index (χ2v) is 7.07. The van der Waals surface area contributed by atoms with E-state index in [1.54, 1.807) is 35.4 Å². The lowest BCUT2D eigenvalue weighted by Gasteiger charge is -2.05. The summed E-state index contributed by atoms with van der Waals surface area (Å²) in [5.41, 5.74) is 2.65. The third-order valence-corrected chi connectivity index (χ3v) is 5.14.